The number of aromatic nitrogens is 1. The van der Waals surface area contributed by atoms with Gasteiger partial charge in [0.05, 0.1) is 18.7 Å². The molecule has 2 aromatic carbocycles. The highest BCUT2D eigenvalue weighted by Crippen LogP contribution is 2.32. The second kappa shape index (κ2) is 9.28. The molecule has 1 N–H and O–H groups in total. The van der Waals surface area contributed by atoms with E-state index in [1.807, 2.05) is 72.6 Å². The molecule has 3 aromatic rings. The Morgan fingerprint density at radius 3 is 2.09 bits per heavy atom. The standard InChI is InChI=1S/C25H27N3O4/c1-3-20(16-32-2)26-17-28(27-15-14-21(29)24(30)23(27)25(26)31)22(18-10-6-4-7-11-18)19-12-8-5-9-13-19/h4-15,20,22,30H,3,16-17H2,1-2H3. The fourth-order valence-corrected chi connectivity index (χ4v) is 4.27. The Balaban J connectivity index is 1.93. The second-order valence-corrected chi connectivity index (χ2v) is 7.82. The maximum absolute atomic E-state index is 13.4. The number of ether oxygens (including phenoxy) is 1. The summed E-state index contributed by atoms with van der Waals surface area (Å²) in [6.07, 6.45) is 2.23. The predicted octanol–water partition coefficient (Wildman–Crippen LogP) is 3.12. The van der Waals surface area contributed by atoms with Crippen LogP contribution >= 0.6 is 0 Å². The van der Waals surface area contributed by atoms with E-state index < -0.39 is 11.2 Å². The number of hydrogen-bond acceptors (Lipinski definition) is 5. The molecule has 0 saturated heterocycles. The highest BCUT2D eigenvalue weighted by Gasteiger charge is 2.38. The Labute approximate surface area is 187 Å². The van der Waals surface area contributed by atoms with Crippen LogP contribution in [0.15, 0.2) is 77.7 Å². The third-order valence-electron chi connectivity index (χ3n) is 5.89. The summed E-state index contributed by atoms with van der Waals surface area (Å²) < 4.78 is 6.97. The lowest BCUT2D eigenvalue weighted by molar-refractivity contribution is 0.0428. The average Bonchev–Trinajstić information content (AvgIpc) is 2.83. The van der Waals surface area contributed by atoms with E-state index in [4.69, 9.17) is 4.74 Å². The minimum atomic E-state index is -0.581. The number of carbonyl (C=O) groups excluding carboxylic acids is 1. The molecule has 0 bridgehead atoms. The number of fused-ring (bicyclic) bond motifs is 1. The van der Waals surface area contributed by atoms with Crippen molar-refractivity contribution in [3.05, 3.63) is 100.0 Å². The van der Waals surface area contributed by atoms with Crippen LogP contribution in [0.3, 0.4) is 0 Å². The molecular formula is C25H27N3O4. The van der Waals surface area contributed by atoms with E-state index in [-0.39, 0.29) is 30.4 Å². The van der Waals surface area contributed by atoms with Gasteiger partial charge in [-0.3, -0.25) is 19.3 Å². The molecular weight excluding hydrogens is 406 g/mol. The molecule has 0 fully saturated rings. The summed E-state index contributed by atoms with van der Waals surface area (Å²) in [5.74, 6) is -0.931. The van der Waals surface area contributed by atoms with Gasteiger partial charge < -0.3 is 14.7 Å². The largest absolute Gasteiger partial charge is 0.502 e. The number of amides is 1. The van der Waals surface area contributed by atoms with Gasteiger partial charge in [-0.1, -0.05) is 67.6 Å². The zero-order chi connectivity index (χ0) is 22.7. The molecule has 1 atom stereocenters. The number of nitrogens with zero attached hydrogens (tertiary/aromatic N) is 3. The van der Waals surface area contributed by atoms with Crippen molar-refractivity contribution < 1.29 is 14.6 Å². The van der Waals surface area contributed by atoms with Gasteiger partial charge in [-0.05, 0) is 17.5 Å². The zero-order valence-corrected chi connectivity index (χ0v) is 18.2. The van der Waals surface area contributed by atoms with Gasteiger partial charge in [-0.15, -0.1) is 0 Å². The molecule has 166 valence electrons. The number of rotatable bonds is 7. The maximum Gasteiger partial charge on any atom is 0.278 e. The molecule has 0 aliphatic carbocycles. The highest BCUT2D eigenvalue weighted by atomic mass is 16.5. The molecule has 0 radical (unpaired) electrons. The highest BCUT2D eigenvalue weighted by molar-refractivity contribution is 5.96. The number of pyridine rings is 1. The first-order chi connectivity index (χ1) is 15.6. The van der Waals surface area contributed by atoms with Crippen LogP contribution in [0, 0.1) is 0 Å². The van der Waals surface area contributed by atoms with E-state index in [9.17, 15) is 14.7 Å². The molecule has 7 nitrogen and oxygen atoms in total. The lowest BCUT2D eigenvalue weighted by atomic mass is 9.98. The van der Waals surface area contributed by atoms with Crippen LogP contribution in [-0.2, 0) is 4.74 Å². The van der Waals surface area contributed by atoms with Crippen LogP contribution < -0.4 is 10.4 Å². The minimum Gasteiger partial charge on any atom is -0.502 e. The van der Waals surface area contributed by atoms with Crippen LogP contribution in [0.4, 0.5) is 0 Å². The SMILES string of the molecule is CCC(COC)N1CN(C(c2ccccc2)c2ccccc2)n2ccc(=O)c(O)c2C1=O. The number of benzene rings is 2. The Morgan fingerprint density at radius 1 is 0.969 bits per heavy atom. The molecule has 7 heteroatoms. The fourth-order valence-electron chi connectivity index (χ4n) is 4.27. The monoisotopic (exact) mass is 433 g/mol. The van der Waals surface area contributed by atoms with Crippen molar-refractivity contribution in [2.24, 2.45) is 0 Å². The second-order valence-electron chi connectivity index (χ2n) is 7.82. The van der Waals surface area contributed by atoms with E-state index in [0.29, 0.717) is 13.0 Å². The van der Waals surface area contributed by atoms with Gasteiger partial charge in [0, 0.05) is 19.4 Å². The molecule has 1 aromatic heterocycles. The average molecular weight is 434 g/mol. The smallest absolute Gasteiger partial charge is 0.278 e. The van der Waals surface area contributed by atoms with Crippen molar-refractivity contribution in [3.8, 4) is 5.75 Å². The van der Waals surface area contributed by atoms with Crippen LogP contribution in [0.25, 0.3) is 0 Å². The van der Waals surface area contributed by atoms with E-state index in [0.717, 1.165) is 11.1 Å². The number of carbonyl (C=O) groups is 1. The van der Waals surface area contributed by atoms with Gasteiger partial charge in [-0.2, -0.15) is 0 Å². The Morgan fingerprint density at radius 2 is 1.56 bits per heavy atom. The third-order valence-corrected chi connectivity index (χ3v) is 5.89. The topological polar surface area (TPSA) is 75.0 Å². The zero-order valence-electron chi connectivity index (χ0n) is 18.2. The van der Waals surface area contributed by atoms with E-state index in [2.05, 4.69) is 0 Å². The summed E-state index contributed by atoms with van der Waals surface area (Å²) in [4.78, 5) is 27.4. The van der Waals surface area contributed by atoms with E-state index in [1.165, 1.54) is 6.07 Å². The fraction of sp³-hybridized carbons (Fsp3) is 0.280. The lowest BCUT2D eigenvalue weighted by Gasteiger charge is -2.46. The van der Waals surface area contributed by atoms with Crippen molar-refractivity contribution in [3.63, 3.8) is 0 Å². The Hall–Kier alpha value is -3.58. The van der Waals surface area contributed by atoms with Gasteiger partial charge in [0.2, 0.25) is 5.43 Å². The summed E-state index contributed by atoms with van der Waals surface area (Å²) in [7, 11) is 1.60. The van der Waals surface area contributed by atoms with Crippen molar-refractivity contribution in [1.29, 1.82) is 0 Å². The van der Waals surface area contributed by atoms with Gasteiger partial charge in [0.15, 0.2) is 11.4 Å². The van der Waals surface area contributed by atoms with Crippen LogP contribution in [0.1, 0.15) is 41.0 Å². The third kappa shape index (κ3) is 3.87. The van der Waals surface area contributed by atoms with Crippen LogP contribution in [-0.4, -0.2) is 47.0 Å². The molecule has 1 aliphatic rings. The van der Waals surface area contributed by atoms with Gasteiger partial charge >= 0.3 is 0 Å². The van der Waals surface area contributed by atoms with Crippen LogP contribution in [0.2, 0.25) is 0 Å². The van der Waals surface area contributed by atoms with Gasteiger partial charge in [0.1, 0.15) is 6.67 Å². The summed E-state index contributed by atoms with van der Waals surface area (Å²) in [5.41, 5.74) is 1.44. The number of methoxy groups -OCH3 is 1. The summed E-state index contributed by atoms with van der Waals surface area (Å²) in [6, 6.07) is 20.8. The lowest BCUT2D eigenvalue weighted by Crippen LogP contribution is -2.58. The molecule has 1 unspecified atom stereocenters. The molecule has 0 spiro atoms. The normalized spacial score (nSPS) is 14.5. The Bertz CT molecular complexity index is 1090. The first-order valence-corrected chi connectivity index (χ1v) is 10.7. The van der Waals surface area contributed by atoms with Crippen molar-refractivity contribution in [2.75, 3.05) is 25.4 Å². The predicted molar refractivity (Wildman–Crippen MR) is 122 cm³/mol. The van der Waals surface area contributed by atoms with E-state index >= 15 is 0 Å². The summed E-state index contributed by atoms with van der Waals surface area (Å²) in [6.45, 7) is 2.61. The van der Waals surface area contributed by atoms with Crippen molar-refractivity contribution in [1.82, 2.24) is 9.58 Å². The van der Waals surface area contributed by atoms with Crippen LogP contribution in [0.5, 0.6) is 5.75 Å². The van der Waals surface area contributed by atoms with Crippen molar-refractivity contribution >= 4 is 5.91 Å². The summed E-state index contributed by atoms with van der Waals surface area (Å²) in [5, 5.41) is 12.6. The van der Waals surface area contributed by atoms with Gasteiger partial charge in [-0.25, -0.2) is 0 Å². The minimum absolute atomic E-state index is 0.0323. The Kier molecular flexibility index (Phi) is 6.28. The molecule has 32 heavy (non-hydrogen) atoms. The maximum atomic E-state index is 13.4. The molecule has 2 heterocycles. The molecule has 0 saturated carbocycles. The molecule has 4 rings (SSSR count). The number of hydrogen-bond donors (Lipinski definition) is 1. The summed E-state index contributed by atoms with van der Waals surface area (Å²) >= 11 is 0. The molecule has 1 aliphatic heterocycles. The first kappa shape index (κ1) is 21.6. The van der Waals surface area contributed by atoms with Crippen molar-refractivity contribution in [2.45, 2.75) is 25.4 Å². The molecule has 1 amide bonds. The first-order valence-electron chi connectivity index (χ1n) is 10.7. The van der Waals surface area contributed by atoms with E-state index in [1.54, 1.807) is 22.9 Å². The number of aromatic hydroxyl groups is 1. The van der Waals surface area contributed by atoms with Gasteiger partial charge in [0.25, 0.3) is 5.91 Å². The quantitative estimate of drug-likeness (QED) is 0.620.